The maximum atomic E-state index is 6.04. The fourth-order valence-corrected chi connectivity index (χ4v) is 3.08. The van der Waals surface area contributed by atoms with E-state index in [0.717, 1.165) is 43.2 Å². The predicted octanol–water partition coefficient (Wildman–Crippen LogP) is 4.08. The second-order valence-electron chi connectivity index (χ2n) is 6.15. The molecule has 0 saturated carbocycles. The zero-order valence-electron chi connectivity index (χ0n) is 15.3. The van der Waals surface area contributed by atoms with Crippen LogP contribution in [0.1, 0.15) is 24.1 Å². The molecule has 0 aromatic heterocycles. The Morgan fingerprint density at radius 1 is 1.00 bits per heavy atom. The topological polar surface area (TPSA) is 33.7 Å². The van der Waals surface area contributed by atoms with E-state index in [-0.39, 0.29) is 24.8 Å². The maximum Gasteiger partial charge on any atom is 0.161 e. The third-order valence-corrected chi connectivity index (χ3v) is 4.61. The first-order chi connectivity index (χ1) is 11.8. The van der Waals surface area contributed by atoms with E-state index in [2.05, 4.69) is 41.4 Å². The molecule has 0 bridgehead atoms. The molecule has 0 aliphatic carbocycles. The molecule has 26 heavy (non-hydrogen) atoms. The molecule has 2 aromatic rings. The van der Waals surface area contributed by atoms with Crippen molar-refractivity contribution in [2.75, 3.05) is 33.3 Å². The molecule has 144 valence electrons. The van der Waals surface area contributed by atoms with Crippen molar-refractivity contribution in [2.24, 2.45) is 0 Å². The first-order valence-electron chi connectivity index (χ1n) is 8.57. The van der Waals surface area contributed by atoms with Crippen LogP contribution in [0.3, 0.4) is 0 Å². The lowest BCUT2D eigenvalue weighted by atomic mass is 10.1. The number of nitrogens with zero attached hydrogens (tertiary/aromatic N) is 1. The molecule has 0 spiro atoms. The molecule has 3 rings (SSSR count). The molecule has 0 amide bonds. The highest BCUT2D eigenvalue weighted by molar-refractivity contribution is 5.85. The van der Waals surface area contributed by atoms with E-state index in [1.807, 2.05) is 24.3 Å². The van der Waals surface area contributed by atoms with Crippen molar-refractivity contribution in [1.29, 1.82) is 0 Å². The predicted molar refractivity (Wildman–Crippen MR) is 111 cm³/mol. The average Bonchev–Trinajstić information content (AvgIpc) is 2.67. The summed E-state index contributed by atoms with van der Waals surface area (Å²) < 4.78 is 11.5. The van der Waals surface area contributed by atoms with Gasteiger partial charge >= 0.3 is 0 Å². The number of nitrogens with one attached hydrogen (secondary N) is 1. The first-order valence-corrected chi connectivity index (χ1v) is 8.57. The lowest BCUT2D eigenvalue weighted by Gasteiger charge is -2.33. The highest BCUT2D eigenvalue weighted by atomic mass is 35.5. The van der Waals surface area contributed by atoms with Crippen molar-refractivity contribution in [2.45, 2.75) is 19.6 Å². The lowest BCUT2D eigenvalue weighted by molar-refractivity contribution is 0.185. The molecule has 1 heterocycles. The summed E-state index contributed by atoms with van der Waals surface area (Å²) in [6, 6.07) is 16.8. The van der Waals surface area contributed by atoms with Crippen molar-refractivity contribution >= 4 is 24.8 Å². The Kier molecular flexibility index (Phi) is 9.81. The summed E-state index contributed by atoms with van der Waals surface area (Å²) >= 11 is 0. The van der Waals surface area contributed by atoms with Gasteiger partial charge in [0.05, 0.1) is 7.11 Å². The van der Waals surface area contributed by atoms with E-state index >= 15 is 0 Å². The van der Waals surface area contributed by atoms with E-state index in [1.165, 1.54) is 5.56 Å². The summed E-state index contributed by atoms with van der Waals surface area (Å²) in [5, 5.41) is 3.40. The zero-order chi connectivity index (χ0) is 16.8. The summed E-state index contributed by atoms with van der Waals surface area (Å²) in [4.78, 5) is 2.50. The van der Waals surface area contributed by atoms with Crippen molar-refractivity contribution in [3.63, 3.8) is 0 Å². The van der Waals surface area contributed by atoms with Crippen LogP contribution in [0.25, 0.3) is 0 Å². The molecular weight excluding hydrogens is 371 g/mol. The molecule has 1 N–H and O–H groups in total. The monoisotopic (exact) mass is 398 g/mol. The highest BCUT2D eigenvalue weighted by Gasteiger charge is 2.19. The molecular formula is C20H28Cl2N2O2. The van der Waals surface area contributed by atoms with Crippen molar-refractivity contribution in [3.05, 3.63) is 59.7 Å². The van der Waals surface area contributed by atoms with E-state index in [9.17, 15) is 0 Å². The number of hydrogen-bond acceptors (Lipinski definition) is 4. The molecule has 2 aromatic carbocycles. The number of rotatable bonds is 6. The minimum Gasteiger partial charge on any atom is -0.493 e. The quantitative estimate of drug-likeness (QED) is 0.794. The van der Waals surface area contributed by atoms with Crippen LogP contribution in [0.4, 0.5) is 0 Å². The van der Waals surface area contributed by atoms with E-state index in [4.69, 9.17) is 9.47 Å². The molecule has 0 radical (unpaired) electrons. The number of halogens is 2. The summed E-state index contributed by atoms with van der Waals surface area (Å²) in [5.41, 5.74) is 2.42. The van der Waals surface area contributed by atoms with Gasteiger partial charge in [0, 0.05) is 32.2 Å². The minimum absolute atomic E-state index is 0. The Hall–Kier alpha value is -1.46. The van der Waals surface area contributed by atoms with E-state index in [1.54, 1.807) is 7.11 Å². The molecule has 1 aliphatic rings. The van der Waals surface area contributed by atoms with Gasteiger partial charge in [-0.2, -0.15) is 0 Å². The smallest absolute Gasteiger partial charge is 0.161 e. The van der Waals surface area contributed by atoms with Gasteiger partial charge in [0.2, 0.25) is 0 Å². The Morgan fingerprint density at radius 3 is 2.35 bits per heavy atom. The van der Waals surface area contributed by atoms with Crippen molar-refractivity contribution in [1.82, 2.24) is 10.2 Å². The minimum atomic E-state index is 0. The van der Waals surface area contributed by atoms with Crippen LogP contribution in [-0.4, -0.2) is 38.2 Å². The molecule has 1 fully saturated rings. The number of benzene rings is 2. The Labute approximate surface area is 168 Å². The van der Waals surface area contributed by atoms with Crippen LogP contribution in [0.5, 0.6) is 11.5 Å². The molecule has 1 saturated heterocycles. The van der Waals surface area contributed by atoms with Crippen LogP contribution in [0, 0.1) is 0 Å². The SMILES string of the molecule is COc1ccc([C@H](C)N2CCNCC2)cc1OCc1ccccc1.Cl.Cl. The van der Waals surface area contributed by atoms with Crippen LogP contribution in [0.2, 0.25) is 0 Å². The lowest BCUT2D eigenvalue weighted by Crippen LogP contribution is -2.44. The van der Waals surface area contributed by atoms with Crippen LogP contribution in [-0.2, 0) is 6.61 Å². The Balaban J connectivity index is 0.00000169. The average molecular weight is 399 g/mol. The van der Waals surface area contributed by atoms with Gasteiger partial charge in [-0.15, -0.1) is 24.8 Å². The van der Waals surface area contributed by atoms with Crippen molar-refractivity contribution in [3.8, 4) is 11.5 Å². The molecule has 4 nitrogen and oxygen atoms in total. The third kappa shape index (κ3) is 5.78. The number of methoxy groups -OCH3 is 1. The zero-order valence-corrected chi connectivity index (χ0v) is 16.9. The van der Waals surface area contributed by atoms with Crippen LogP contribution >= 0.6 is 24.8 Å². The molecule has 1 atom stereocenters. The standard InChI is InChI=1S/C20H26N2O2.2ClH/c1-16(22-12-10-21-11-13-22)18-8-9-19(23-2)20(14-18)24-15-17-6-4-3-5-7-17;;/h3-9,14,16,21H,10-13,15H2,1-2H3;2*1H/t16-;;/m0../s1. The first kappa shape index (κ1) is 22.6. The third-order valence-electron chi connectivity index (χ3n) is 4.61. The van der Waals surface area contributed by atoms with Gasteiger partial charge in [0.15, 0.2) is 11.5 Å². The van der Waals surface area contributed by atoms with E-state index < -0.39 is 0 Å². The molecule has 0 unspecified atom stereocenters. The fraction of sp³-hybridized carbons (Fsp3) is 0.400. The van der Waals surface area contributed by atoms with Gasteiger partial charge in [-0.25, -0.2) is 0 Å². The van der Waals surface area contributed by atoms with Gasteiger partial charge < -0.3 is 14.8 Å². The summed E-state index contributed by atoms with van der Waals surface area (Å²) in [7, 11) is 1.68. The van der Waals surface area contributed by atoms with Gasteiger partial charge in [-0.05, 0) is 30.2 Å². The van der Waals surface area contributed by atoms with Crippen LogP contribution < -0.4 is 14.8 Å². The number of piperazine rings is 1. The Bertz CT molecular complexity index is 650. The van der Waals surface area contributed by atoms with E-state index in [0.29, 0.717) is 12.6 Å². The van der Waals surface area contributed by atoms with Crippen molar-refractivity contribution < 1.29 is 9.47 Å². The van der Waals surface area contributed by atoms with Gasteiger partial charge in [-0.3, -0.25) is 4.90 Å². The molecule has 6 heteroatoms. The number of hydrogen-bond donors (Lipinski definition) is 1. The molecule has 1 aliphatic heterocycles. The second kappa shape index (κ2) is 11.3. The van der Waals surface area contributed by atoms with Gasteiger partial charge in [0.1, 0.15) is 6.61 Å². The van der Waals surface area contributed by atoms with Crippen LogP contribution in [0.15, 0.2) is 48.5 Å². The maximum absolute atomic E-state index is 6.04. The van der Waals surface area contributed by atoms with Gasteiger partial charge in [-0.1, -0.05) is 36.4 Å². The summed E-state index contributed by atoms with van der Waals surface area (Å²) in [6.45, 7) is 7.06. The largest absolute Gasteiger partial charge is 0.493 e. The summed E-state index contributed by atoms with van der Waals surface area (Å²) in [6.07, 6.45) is 0. The normalized spacial score (nSPS) is 15.3. The van der Waals surface area contributed by atoms with Gasteiger partial charge in [0.25, 0.3) is 0 Å². The summed E-state index contributed by atoms with van der Waals surface area (Å²) in [5.74, 6) is 1.59. The number of ether oxygens (including phenoxy) is 2. The fourth-order valence-electron chi connectivity index (χ4n) is 3.08. The Morgan fingerprint density at radius 2 is 1.69 bits per heavy atom. The highest BCUT2D eigenvalue weighted by Crippen LogP contribution is 2.32. The second-order valence-corrected chi connectivity index (χ2v) is 6.15.